The molecule has 0 saturated heterocycles. The summed E-state index contributed by atoms with van der Waals surface area (Å²) in [6, 6.07) is 9.81. The Bertz CT molecular complexity index is 643. The van der Waals surface area contributed by atoms with Crippen molar-refractivity contribution in [2.75, 3.05) is 13.7 Å². The Labute approximate surface area is 124 Å². The molecule has 1 aromatic heterocycles. The van der Waals surface area contributed by atoms with E-state index in [4.69, 9.17) is 4.74 Å². The van der Waals surface area contributed by atoms with Gasteiger partial charge in [0.25, 0.3) is 0 Å². The quantitative estimate of drug-likeness (QED) is 0.865. The standard InChI is InChI=1S/C17H20N2O2/c1-18-9-7-14-12-19(10-8-16(14)18)17(20)11-13-3-5-15(21-2)6-4-13/h3-7,9H,8,10-12H2,1-2H3. The van der Waals surface area contributed by atoms with Crippen LogP contribution in [-0.4, -0.2) is 29.0 Å². The minimum absolute atomic E-state index is 0.190. The number of benzene rings is 1. The van der Waals surface area contributed by atoms with Gasteiger partial charge >= 0.3 is 0 Å². The van der Waals surface area contributed by atoms with Crippen molar-refractivity contribution in [3.63, 3.8) is 0 Å². The summed E-state index contributed by atoms with van der Waals surface area (Å²) in [6.07, 6.45) is 3.46. The summed E-state index contributed by atoms with van der Waals surface area (Å²) in [5.74, 6) is 1.01. The molecule has 0 bridgehead atoms. The van der Waals surface area contributed by atoms with Crippen LogP contribution in [0.2, 0.25) is 0 Å². The van der Waals surface area contributed by atoms with Crippen LogP contribution < -0.4 is 4.74 Å². The first kappa shape index (κ1) is 13.7. The van der Waals surface area contributed by atoms with Gasteiger partial charge in [0.1, 0.15) is 5.75 Å². The Hall–Kier alpha value is -2.23. The summed E-state index contributed by atoms with van der Waals surface area (Å²) in [6.45, 7) is 1.53. The summed E-state index contributed by atoms with van der Waals surface area (Å²) < 4.78 is 7.29. The number of amides is 1. The first-order valence-electron chi connectivity index (χ1n) is 7.21. The highest BCUT2D eigenvalue weighted by atomic mass is 16.5. The fraction of sp³-hybridized carbons (Fsp3) is 0.353. The Morgan fingerprint density at radius 3 is 2.71 bits per heavy atom. The Kier molecular flexibility index (Phi) is 3.69. The van der Waals surface area contributed by atoms with E-state index in [0.29, 0.717) is 6.42 Å². The number of rotatable bonds is 3. The Morgan fingerprint density at radius 1 is 1.24 bits per heavy atom. The minimum atomic E-state index is 0.190. The molecule has 0 aliphatic carbocycles. The van der Waals surface area contributed by atoms with E-state index in [1.165, 1.54) is 11.3 Å². The van der Waals surface area contributed by atoms with E-state index in [1.807, 2.05) is 29.2 Å². The lowest BCUT2D eigenvalue weighted by molar-refractivity contribution is -0.131. The van der Waals surface area contributed by atoms with Crippen LogP contribution >= 0.6 is 0 Å². The fourth-order valence-electron chi connectivity index (χ4n) is 2.86. The number of aryl methyl sites for hydroxylation is 1. The lowest BCUT2D eigenvalue weighted by atomic mass is 10.1. The van der Waals surface area contributed by atoms with E-state index in [-0.39, 0.29) is 5.91 Å². The predicted molar refractivity (Wildman–Crippen MR) is 81.2 cm³/mol. The lowest BCUT2D eigenvalue weighted by Crippen LogP contribution is -2.37. The van der Waals surface area contributed by atoms with Crippen molar-refractivity contribution < 1.29 is 9.53 Å². The van der Waals surface area contributed by atoms with E-state index in [0.717, 1.165) is 30.8 Å². The topological polar surface area (TPSA) is 34.5 Å². The molecule has 0 saturated carbocycles. The summed E-state index contributed by atoms with van der Waals surface area (Å²) >= 11 is 0. The molecule has 4 nitrogen and oxygen atoms in total. The predicted octanol–water partition coefficient (Wildman–Crippen LogP) is 2.16. The number of methoxy groups -OCH3 is 1. The molecule has 1 aromatic carbocycles. The highest BCUT2D eigenvalue weighted by molar-refractivity contribution is 5.79. The second kappa shape index (κ2) is 5.64. The second-order valence-corrected chi connectivity index (χ2v) is 5.49. The van der Waals surface area contributed by atoms with Crippen LogP contribution in [0.4, 0.5) is 0 Å². The number of nitrogens with zero attached hydrogens (tertiary/aromatic N) is 2. The second-order valence-electron chi connectivity index (χ2n) is 5.49. The zero-order chi connectivity index (χ0) is 14.8. The number of carbonyl (C=O) groups excluding carboxylic acids is 1. The average molecular weight is 284 g/mol. The minimum Gasteiger partial charge on any atom is -0.497 e. The molecule has 1 aliphatic rings. The molecule has 0 radical (unpaired) electrons. The van der Waals surface area contributed by atoms with Crippen molar-refractivity contribution in [1.82, 2.24) is 9.47 Å². The molecule has 0 spiro atoms. The molecule has 0 fully saturated rings. The Balaban J connectivity index is 1.66. The van der Waals surface area contributed by atoms with Crippen LogP contribution in [0.15, 0.2) is 36.5 Å². The number of hydrogen-bond donors (Lipinski definition) is 0. The van der Waals surface area contributed by atoms with Crippen molar-refractivity contribution in [1.29, 1.82) is 0 Å². The normalized spacial score (nSPS) is 13.9. The van der Waals surface area contributed by atoms with Gasteiger partial charge in [0.15, 0.2) is 0 Å². The highest BCUT2D eigenvalue weighted by Gasteiger charge is 2.22. The monoisotopic (exact) mass is 284 g/mol. The molecule has 1 amide bonds. The van der Waals surface area contributed by atoms with Crippen molar-refractivity contribution >= 4 is 5.91 Å². The third kappa shape index (κ3) is 2.79. The third-order valence-corrected chi connectivity index (χ3v) is 4.14. The zero-order valence-corrected chi connectivity index (χ0v) is 12.5. The average Bonchev–Trinajstić information content (AvgIpc) is 2.89. The number of fused-ring (bicyclic) bond motifs is 1. The molecule has 4 heteroatoms. The van der Waals surface area contributed by atoms with Gasteiger partial charge in [-0.05, 0) is 29.3 Å². The smallest absolute Gasteiger partial charge is 0.227 e. The van der Waals surface area contributed by atoms with Crippen molar-refractivity contribution in [3.05, 3.63) is 53.3 Å². The number of aromatic nitrogens is 1. The lowest BCUT2D eigenvalue weighted by Gasteiger charge is -2.28. The third-order valence-electron chi connectivity index (χ3n) is 4.14. The van der Waals surface area contributed by atoms with Gasteiger partial charge in [-0.3, -0.25) is 4.79 Å². The first-order chi connectivity index (χ1) is 10.2. The summed E-state index contributed by atoms with van der Waals surface area (Å²) in [5.41, 5.74) is 3.65. The van der Waals surface area contributed by atoms with Crippen molar-refractivity contribution in [2.45, 2.75) is 19.4 Å². The molecule has 1 aliphatic heterocycles. The summed E-state index contributed by atoms with van der Waals surface area (Å²) in [7, 11) is 3.71. The maximum Gasteiger partial charge on any atom is 0.227 e. The molecule has 21 heavy (non-hydrogen) atoms. The van der Waals surface area contributed by atoms with Crippen LogP contribution in [0.3, 0.4) is 0 Å². The molecule has 0 N–H and O–H groups in total. The van der Waals surface area contributed by atoms with E-state index >= 15 is 0 Å². The molecule has 3 rings (SSSR count). The van der Waals surface area contributed by atoms with Crippen LogP contribution in [0.1, 0.15) is 16.8 Å². The van der Waals surface area contributed by atoms with Crippen molar-refractivity contribution in [2.24, 2.45) is 7.05 Å². The molecular weight excluding hydrogens is 264 g/mol. The maximum absolute atomic E-state index is 12.4. The SMILES string of the molecule is COc1ccc(CC(=O)N2CCc3c(ccn3C)C2)cc1. The molecule has 2 heterocycles. The van der Waals surface area contributed by atoms with Crippen LogP contribution in [0.25, 0.3) is 0 Å². The van der Waals surface area contributed by atoms with Gasteiger partial charge in [0.2, 0.25) is 5.91 Å². The van der Waals surface area contributed by atoms with E-state index in [9.17, 15) is 4.79 Å². The number of ether oxygens (including phenoxy) is 1. The zero-order valence-electron chi connectivity index (χ0n) is 12.5. The number of hydrogen-bond acceptors (Lipinski definition) is 2. The molecule has 110 valence electrons. The summed E-state index contributed by atoms with van der Waals surface area (Å²) in [5, 5.41) is 0. The maximum atomic E-state index is 12.4. The number of carbonyl (C=O) groups is 1. The van der Waals surface area contributed by atoms with Crippen molar-refractivity contribution in [3.8, 4) is 5.75 Å². The highest BCUT2D eigenvalue weighted by Crippen LogP contribution is 2.20. The Morgan fingerprint density at radius 2 is 2.00 bits per heavy atom. The van der Waals surface area contributed by atoms with Gasteiger partial charge in [0, 0.05) is 38.4 Å². The van der Waals surface area contributed by atoms with Crippen LogP contribution in [0.5, 0.6) is 5.75 Å². The first-order valence-corrected chi connectivity index (χ1v) is 7.21. The van der Waals surface area contributed by atoms with E-state index < -0.39 is 0 Å². The van der Waals surface area contributed by atoms with Gasteiger partial charge in [-0.2, -0.15) is 0 Å². The van der Waals surface area contributed by atoms with Gasteiger partial charge in [-0.25, -0.2) is 0 Å². The fourth-order valence-corrected chi connectivity index (χ4v) is 2.86. The van der Waals surface area contributed by atoms with Gasteiger partial charge in [-0.15, -0.1) is 0 Å². The van der Waals surface area contributed by atoms with Gasteiger partial charge in [-0.1, -0.05) is 12.1 Å². The largest absolute Gasteiger partial charge is 0.497 e. The molecule has 2 aromatic rings. The molecule has 0 unspecified atom stereocenters. The van der Waals surface area contributed by atoms with Gasteiger partial charge < -0.3 is 14.2 Å². The molecular formula is C17H20N2O2. The van der Waals surface area contributed by atoms with E-state index in [2.05, 4.69) is 23.9 Å². The molecule has 0 atom stereocenters. The van der Waals surface area contributed by atoms with E-state index in [1.54, 1.807) is 7.11 Å². The van der Waals surface area contributed by atoms with Crippen LogP contribution in [0, 0.1) is 0 Å². The summed E-state index contributed by atoms with van der Waals surface area (Å²) in [4.78, 5) is 14.4. The van der Waals surface area contributed by atoms with Crippen LogP contribution in [-0.2, 0) is 31.2 Å². The van der Waals surface area contributed by atoms with Gasteiger partial charge in [0.05, 0.1) is 13.5 Å².